The van der Waals surface area contributed by atoms with Crippen molar-refractivity contribution in [2.75, 3.05) is 31.1 Å². The highest BCUT2D eigenvalue weighted by Crippen LogP contribution is 2.19. The molecule has 2 aliphatic heterocycles. The van der Waals surface area contributed by atoms with Crippen molar-refractivity contribution in [3.8, 4) is 0 Å². The zero-order valence-electron chi connectivity index (χ0n) is 10.8. The molecule has 0 aliphatic carbocycles. The number of nitrogens with two attached hydrogens (primary N) is 1. The van der Waals surface area contributed by atoms with Gasteiger partial charge in [0.2, 0.25) is 0 Å². The highest BCUT2D eigenvalue weighted by atomic mass is 32.2. The van der Waals surface area contributed by atoms with E-state index < -0.39 is 9.84 Å². The molecule has 5 nitrogen and oxygen atoms in total. The summed E-state index contributed by atoms with van der Waals surface area (Å²) in [6, 6.07) is 0. The number of likely N-dealkylation sites (tertiary alicyclic amines) is 1. The monoisotopic (exact) mass is 273 g/mol. The number of piperidine rings is 1. The maximum atomic E-state index is 11.3. The zero-order chi connectivity index (χ0) is 13.0. The first kappa shape index (κ1) is 13.6. The van der Waals surface area contributed by atoms with E-state index >= 15 is 0 Å². The minimum absolute atomic E-state index is 0.316. The van der Waals surface area contributed by atoms with Gasteiger partial charge in [0, 0.05) is 19.6 Å². The molecule has 18 heavy (non-hydrogen) atoms. The molecule has 104 valence electrons. The van der Waals surface area contributed by atoms with Crippen LogP contribution in [0.5, 0.6) is 0 Å². The molecule has 2 fully saturated rings. The lowest BCUT2D eigenvalue weighted by atomic mass is 10.0. The lowest BCUT2D eigenvalue weighted by molar-refractivity contribution is 0.336. The van der Waals surface area contributed by atoms with Crippen LogP contribution in [0.4, 0.5) is 0 Å². The van der Waals surface area contributed by atoms with E-state index in [1.54, 1.807) is 0 Å². The Labute approximate surface area is 109 Å². The lowest BCUT2D eigenvalue weighted by Crippen LogP contribution is -2.41. The van der Waals surface area contributed by atoms with Crippen molar-refractivity contribution >= 4 is 15.8 Å². The third kappa shape index (κ3) is 3.86. The summed E-state index contributed by atoms with van der Waals surface area (Å²) in [5.41, 5.74) is 5.98. The Morgan fingerprint density at radius 1 is 1.17 bits per heavy atom. The van der Waals surface area contributed by atoms with Crippen LogP contribution in [-0.2, 0) is 9.84 Å². The molecule has 0 radical (unpaired) electrons. The van der Waals surface area contributed by atoms with Gasteiger partial charge < -0.3 is 10.6 Å². The van der Waals surface area contributed by atoms with Crippen LogP contribution in [0.1, 0.15) is 32.1 Å². The average molecular weight is 273 g/mol. The molecule has 0 spiro atoms. The minimum atomic E-state index is -2.76. The fourth-order valence-electron chi connectivity index (χ4n) is 2.57. The van der Waals surface area contributed by atoms with Gasteiger partial charge in [-0.1, -0.05) is 0 Å². The number of nitrogens with zero attached hydrogens (tertiary/aromatic N) is 2. The predicted octanol–water partition coefficient (Wildman–Crippen LogP) is 0.612. The summed E-state index contributed by atoms with van der Waals surface area (Å²) in [5, 5.41) is 0. The quantitative estimate of drug-likeness (QED) is 0.591. The third-order valence-corrected chi connectivity index (χ3v) is 5.58. The fraction of sp³-hybridized carbons (Fsp3) is 0.917. The number of hydrogen-bond acceptors (Lipinski definition) is 3. The van der Waals surface area contributed by atoms with Crippen LogP contribution >= 0.6 is 0 Å². The summed E-state index contributed by atoms with van der Waals surface area (Å²) in [7, 11) is -2.76. The first-order valence-corrected chi connectivity index (χ1v) is 8.64. The second kappa shape index (κ2) is 5.91. The second-order valence-electron chi connectivity index (χ2n) is 5.34. The first-order valence-electron chi connectivity index (χ1n) is 6.82. The van der Waals surface area contributed by atoms with E-state index in [9.17, 15) is 8.42 Å². The molecule has 0 aromatic carbocycles. The number of guanidine groups is 1. The van der Waals surface area contributed by atoms with E-state index in [0.717, 1.165) is 25.9 Å². The van der Waals surface area contributed by atoms with Gasteiger partial charge in [-0.15, -0.1) is 0 Å². The van der Waals surface area contributed by atoms with Crippen molar-refractivity contribution in [2.24, 2.45) is 16.6 Å². The van der Waals surface area contributed by atoms with Gasteiger partial charge in [0.05, 0.1) is 11.5 Å². The van der Waals surface area contributed by atoms with Gasteiger partial charge in [-0.3, -0.25) is 4.99 Å². The van der Waals surface area contributed by atoms with Crippen LogP contribution in [0.2, 0.25) is 0 Å². The van der Waals surface area contributed by atoms with E-state index in [4.69, 9.17) is 5.73 Å². The van der Waals surface area contributed by atoms with Crippen molar-refractivity contribution in [1.82, 2.24) is 4.90 Å². The van der Waals surface area contributed by atoms with Gasteiger partial charge >= 0.3 is 0 Å². The second-order valence-corrected chi connectivity index (χ2v) is 7.65. The maximum Gasteiger partial charge on any atom is 0.191 e. The molecule has 2 rings (SSSR count). The van der Waals surface area contributed by atoms with Gasteiger partial charge in [-0.25, -0.2) is 8.42 Å². The van der Waals surface area contributed by atoms with Crippen LogP contribution in [0.3, 0.4) is 0 Å². The maximum absolute atomic E-state index is 11.3. The van der Waals surface area contributed by atoms with Crippen LogP contribution in [-0.4, -0.2) is 50.4 Å². The van der Waals surface area contributed by atoms with Crippen molar-refractivity contribution < 1.29 is 8.42 Å². The molecule has 6 heteroatoms. The molecular weight excluding hydrogens is 250 g/mol. The number of rotatable bonds is 2. The molecule has 2 N–H and O–H groups in total. The third-order valence-electron chi connectivity index (χ3n) is 3.87. The fourth-order valence-corrected chi connectivity index (χ4v) is 4.16. The molecule has 0 saturated carbocycles. The topological polar surface area (TPSA) is 75.8 Å². The average Bonchev–Trinajstić information content (AvgIpc) is 2.38. The van der Waals surface area contributed by atoms with Crippen LogP contribution < -0.4 is 5.73 Å². The van der Waals surface area contributed by atoms with Crippen molar-refractivity contribution in [3.05, 3.63) is 0 Å². The first-order chi connectivity index (χ1) is 8.57. The predicted molar refractivity (Wildman–Crippen MR) is 73.3 cm³/mol. The molecule has 0 aromatic heterocycles. The van der Waals surface area contributed by atoms with Gasteiger partial charge in [0.25, 0.3) is 0 Å². The normalized spacial score (nSPS) is 26.2. The standard InChI is InChI=1S/C12H23N3O2S/c13-12(15-6-2-1-3-7-15)14-10-11-4-8-18(16,17)9-5-11/h11H,1-10H2,(H2,13,14). The van der Waals surface area contributed by atoms with Crippen molar-refractivity contribution in [2.45, 2.75) is 32.1 Å². The van der Waals surface area contributed by atoms with E-state index in [-0.39, 0.29) is 0 Å². The van der Waals surface area contributed by atoms with Crippen molar-refractivity contribution in [3.63, 3.8) is 0 Å². The summed E-state index contributed by atoms with van der Waals surface area (Å²) in [4.78, 5) is 6.59. The molecule has 0 bridgehead atoms. The van der Waals surface area contributed by atoms with Crippen LogP contribution in [0.25, 0.3) is 0 Å². The molecular formula is C12H23N3O2S. The highest BCUT2D eigenvalue weighted by Gasteiger charge is 2.23. The van der Waals surface area contributed by atoms with Crippen LogP contribution in [0, 0.1) is 5.92 Å². The van der Waals surface area contributed by atoms with Crippen molar-refractivity contribution in [1.29, 1.82) is 0 Å². The SMILES string of the molecule is NC(=NCC1CCS(=O)(=O)CC1)N1CCCCC1. The zero-order valence-corrected chi connectivity index (χ0v) is 11.7. The van der Waals surface area contributed by atoms with Crippen LogP contribution in [0.15, 0.2) is 4.99 Å². The summed E-state index contributed by atoms with van der Waals surface area (Å²) >= 11 is 0. The highest BCUT2D eigenvalue weighted by molar-refractivity contribution is 7.91. The van der Waals surface area contributed by atoms with Gasteiger partial charge in [0.15, 0.2) is 5.96 Å². The van der Waals surface area contributed by atoms with E-state index in [1.807, 2.05) is 0 Å². The van der Waals surface area contributed by atoms with Gasteiger partial charge in [-0.2, -0.15) is 0 Å². The smallest absolute Gasteiger partial charge is 0.191 e. The molecule has 2 aliphatic rings. The lowest BCUT2D eigenvalue weighted by Gasteiger charge is -2.28. The van der Waals surface area contributed by atoms with E-state index in [0.29, 0.717) is 29.9 Å². The Kier molecular flexibility index (Phi) is 4.48. The molecule has 0 atom stereocenters. The summed E-state index contributed by atoms with van der Waals surface area (Å²) in [6.45, 7) is 2.70. The summed E-state index contributed by atoms with van der Waals surface area (Å²) < 4.78 is 22.6. The molecule has 0 amide bonds. The molecule has 2 heterocycles. The summed E-state index contributed by atoms with van der Waals surface area (Å²) in [6.07, 6.45) is 5.14. The Hall–Kier alpha value is -0.780. The summed E-state index contributed by atoms with van der Waals surface area (Å²) in [5.74, 6) is 1.66. The Balaban J connectivity index is 1.79. The largest absolute Gasteiger partial charge is 0.370 e. The Morgan fingerprint density at radius 3 is 2.39 bits per heavy atom. The van der Waals surface area contributed by atoms with E-state index in [1.165, 1.54) is 19.3 Å². The Bertz CT molecular complexity index is 386. The van der Waals surface area contributed by atoms with Gasteiger partial charge in [0.1, 0.15) is 9.84 Å². The molecule has 2 saturated heterocycles. The van der Waals surface area contributed by atoms with Gasteiger partial charge in [-0.05, 0) is 38.0 Å². The number of sulfone groups is 1. The molecule has 0 aromatic rings. The van der Waals surface area contributed by atoms with E-state index in [2.05, 4.69) is 9.89 Å². The Morgan fingerprint density at radius 2 is 1.78 bits per heavy atom. The number of aliphatic imine (C=N–C) groups is 1. The minimum Gasteiger partial charge on any atom is -0.370 e. The molecule has 0 unspecified atom stereocenters. The number of hydrogen-bond donors (Lipinski definition) is 1.